The van der Waals surface area contributed by atoms with Gasteiger partial charge in [-0.05, 0) is 36.8 Å². The standard InChI is InChI=1S/C15H15ClFNO2S/c1-10-3-6-13(21(2,19)20)8-15(10)18-9-11-4-5-12(16)7-14(11)17/h3-8,18H,9H2,1-2H3. The van der Waals surface area contributed by atoms with Gasteiger partial charge in [0.15, 0.2) is 9.84 Å². The predicted octanol–water partition coefficient (Wildman–Crippen LogP) is 3.80. The lowest BCUT2D eigenvalue weighted by Crippen LogP contribution is -2.05. The van der Waals surface area contributed by atoms with Crippen LogP contribution in [0.25, 0.3) is 0 Å². The van der Waals surface area contributed by atoms with Crippen LogP contribution < -0.4 is 5.32 Å². The van der Waals surface area contributed by atoms with Crippen LogP contribution in [0.5, 0.6) is 0 Å². The van der Waals surface area contributed by atoms with Crippen molar-refractivity contribution in [2.75, 3.05) is 11.6 Å². The van der Waals surface area contributed by atoms with Crippen LogP contribution in [0.15, 0.2) is 41.3 Å². The molecular weight excluding hydrogens is 313 g/mol. The van der Waals surface area contributed by atoms with E-state index in [1.165, 1.54) is 6.07 Å². The first kappa shape index (κ1) is 15.8. The van der Waals surface area contributed by atoms with Crippen LogP contribution in [-0.2, 0) is 16.4 Å². The van der Waals surface area contributed by atoms with Gasteiger partial charge in [-0.3, -0.25) is 0 Å². The number of halogens is 2. The summed E-state index contributed by atoms with van der Waals surface area (Å²) < 4.78 is 36.8. The van der Waals surface area contributed by atoms with E-state index in [2.05, 4.69) is 5.32 Å². The van der Waals surface area contributed by atoms with Crippen molar-refractivity contribution < 1.29 is 12.8 Å². The molecule has 3 nitrogen and oxygen atoms in total. The summed E-state index contributed by atoms with van der Waals surface area (Å²) in [4.78, 5) is 0.229. The first-order valence-electron chi connectivity index (χ1n) is 6.26. The second-order valence-electron chi connectivity index (χ2n) is 4.84. The molecule has 2 rings (SSSR count). The number of benzene rings is 2. The highest BCUT2D eigenvalue weighted by Crippen LogP contribution is 2.22. The van der Waals surface area contributed by atoms with E-state index in [1.807, 2.05) is 6.92 Å². The number of hydrogen-bond acceptors (Lipinski definition) is 3. The van der Waals surface area contributed by atoms with Gasteiger partial charge in [-0.25, -0.2) is 12.8 Å². The number of rotatable bonds is 4. The van der Waals surface area contributed by atoms with Crippen LogP contribution in [0.3, 0.4) is 0 Å². The smallest absolute Gasteiger partial charge is 0.175 e. The summed E-state index contributed by atoms with van der Waals surface area (Å²) in [6.45, 7) is 2.10. The van der Waals surface area contributed by atoms with Gasteiger partial charge in [0, 0.05) is 29.1 Å². The topological polar surface area (TPSA) is 46.2 Å². The van der Waals surface area contributed by atoms with Crippen molar-refractivity contribution in [1.82, 2.24) is 0 Å². The Balaban J connectivity index is 2.23. The van der Waals surface area contributed by atoms with E-state index in [9.17, 15) is 12.8 Å². The van der Waals surface area contributed by atoms with E-state index in [-0.39, 0.29) is 11.4 Å². The Bertz CT molecular complexity index is 775. The van der Waals surface area contributed by atoms with Gasteiger partial charge in [0.1, 0.15) is 5.82 Å². The Kier molecular flexibility index (Phi) is 4.54. The summed E-state index contributed by atoms with van der Waals surface area (Å²) >= 11 is 5.70. The molecule has 2 aromatic carbocycles. The monoisotopic (exact) mass is 327 g/mol. The molecule has 0 atom stereocenters. The van der Waals surface area contributed by atoms with Crippen LogP contribution in [0.2, 0.25) is 5.02 Å². The highest BCUT2D eigenvalue weighted by molar-refractivity contribution is 7.90. The molecule has 0 unspecified atom stereocenters. The first-order chi connectivity index (χ1) is 9.77. The van der Waals surface area contributed by atoms with Crippen LogP contribution >= 0.6 is 11.6 Å². The van der Waals surface area contributed by atoms with E-state index < -0.39 is 15.7 Å². The third kappa shape index (κ3) is 3.95. The Morgan fingerprint density at radius 3 is 2.52 bits per heavy atom. The molecule has 112 valence electrons. The molecule has 0 aliphatic heterocycles. The van der Waals surface area contributed by atoms with Gasteiger partial charge in [0.25, 0.3) is 0 Å². The van der Waals surface area contributed by atoms with Crippen molar-refractivity contribution in [3.05, 3.63) is 58.4 Å². The molecule has 0 radical (unpaired) electrons. The second kappa shape index (κ2) is 6.03. The molecule has 2 aromatic rings. The van der Waals surface area contributed by atoms with Crippen molar-refractivity contribution in [3.63, 3.8) is 0 Å². The minimum Gasteiger partial charge on any atom is -0.381 e. The van der Waals surface area contributed by atoms with Crippen molar-refractivity contribution in [2.24, 2.45) is 0 Å². The second-order valence-corrected chi connectivity index (χ2v) is 7.29. The van der Waals surface area contributed by atoms with E-state index >= 15 is 0 Å². The molecule has 0 saturated heterocycles. The normalized spacial score (nSPS) is 11.4. The minimum atomic E-state index is -3.27. The van der Waals surface area contributed by atoms with Crippen LogP contribution in [0.1, 0.15) is 11.1 Å². The molecule has 0 aliphatic rings. The molecule has 0 bridgehead atoms. The number of anilines is 1. The van der Waals surface area contributed by atoms with Gasteiger partial charge in [-0.15, -0.1) is 0 Å². The lowest BCUT2D eigenvalue weighted by molar-refractivity contribution is 0.601. The van der Waals surface area contributed by atoms with Crippen molar-refractivity contribution in [3.8, 4) is 0 Å². The molecule has 0 aliphatic carbocycles. The van der Waals surface area contributed by atoms with Gasteiger partial charge in [0.2, 0.25) is 0 Å². The van der Waals surface area contributed by atoms with Crippen molar-refractivity contribution in [2.45, 2.75) is 18.4 Å². The van der Waals surface area contributed by atoms with E-state index in [1.54, 1.807) is 30.3 Å². The van der Waals surface area contributed by atoms with Crippen LogP contribution in [-0.4, -0.2) is 14.7 Å². The highest BCUT2D eigenvalue weighted by Gasteiger charge is 2.10. The number of aryl methyl sites for hydroxylation is 1. The Labute approximate surface area is 128 Å². The zero-order valence-electron chi connectivity index (χ0n) is 11.7. The summed E-state index contributed by atoms with van der Waals surface area (Å²) in [6.07, 6.45) is 1.15. The van der Waals surface area contributed by atoms with Crippen molar-refractivity contribution >= 4 is 27.1 Å². The average molecular weight is 328 g/mol. The quantitative estimate of drug-likeness (QED) is 0.929. The zero-order valence-corrected chi connectivity index (χ0v) is 13.2. The zero-order chi connectivity index (χ0) is 15.6. The molecule has 6 heteroatoms. The summed E-state index contributed by atoms with van der Waals surface area (Å²) in [7, 11) is -3.27. The summed E-state index contributed by atoms with van der Waals surface area (Å²) in [5.74, 6) is -0.396. The number of sulfone groups is 1. The number of nitrogens with one attached hydrogen (secondary N) is 1. The summed E-state index contributed by atoms with van der Waals surface area (Å²) in [5, 5.41) is 3.39. The molecule has 0 aromatic heterocycles. The molecule has 0 amide bonds. The molecule has 0 saturated carbocycles. The van der Waals surface area contributed by atoms with Gasteiger partial charge < -0.3 is 5.32 Å². The van der Waals surface area contributed by atoms with E-state index in [0.717, 1.165) is 11.8 Å². The molecule has 0 heterocycles. The maximum absolute atomic E-state index is 13.7. The van der Waals surface area contributed by atoms with Gasteiger partial charge in [-0.1, -0.05) is 23.7 Å². The minimum absolute atomic E-state index is 0.229. The Hall–Kier alpha value is -1.59. The van der Waals surface area contributed by atoms with Gasteiger partial charge in [-0.2, -0.15) is 0 Å². The largest absolute Gasteiger partial charge is 0.381 e. The van der Waals surface area contributed by atoms with Crippen LogP contribution in [0, 0.1) is 12.7 Å². The Morgan fingerprint density at radius 1 is 1.19 bits per heavy atom. The molecule has 1 N–H and O–H groups in total. The first-order valence-corrected chi connectivity index (χ1v) is 8.53. The maximum Gasteiger partial charge on any atom is 0.175 e. The SMILES string of the molecule is Cc1ccc(S(C)(=O)=O)cc1NCc1ccc(Cl)cc1F. The molecule has 0 spiro atoms. The fraction of sp³-hybridized carbons (Fsp3) is 0.200. The molecule has 0 fully saturated rings. The highest BCUT2D eigenvalue weighted by atomic mass is 35.5. The number of hydrogen-bond donors (Lipinski definition) is 1. The van der Waals surface area contributed by atoms with Gasteiger partial charge >= 0.3 is 0 Å². The summed E-state index contributed by atoms with van der Waals surface area (Å²) in [6, 6.07) is 9.29. The third-order valence-corrected chi connectivity index (χ3v) is 4.47. The molecule has 21 heavy (non-hydrogen) atoms. The van der Waals surface area contributed by atoms with E-state index in [0.29, 0.717) is 16.3 Å². The lowest BCUT2D eigenvalue weighted by atomic mass is 10.1. The van der Waals surface area contributed by atoms with Gasteiger partial charge in [0.05, 0.1) is 4.90 Å². The summed E-state index contributed by atoms with van der Waals surface area (Å²) in [5.41, 5.74) is 2.01. The fourth-order valence-corrected chi connectivity index (χ4v) is 2.68. The van der Waals surface area contributed by atoms with Crippen molar-refractivity contribution in [1.29, 1.82) is 0 Å². The molecular formula is C15H15ClFNO2S. The van der Waals surface area contributed by atoms with Crippen LogP contribution in [0.4, 0.5) is 10.1 Å². The van der Waals surface area contributed by atoms with E-state index in [4.69, 9.17) is 11.6 Å². The maximum atomic E-state index is 13.7. The predicted molar refractivity (Wildman–Crippen MR) is 83.0 cm³/mol. The average Bonchev–Trinajstić information content (AvgIpc) is 2.38. The third-order valence-electron chi connectivity index (χ3n) is 3.12. The Morgan fingerprint density at radius 2 is 1.90 bits per heavy atom. The fourth-order valence-electron chi connectivity index (χ4n) is 1.88. The lowest BCUT2D eigenvalue weighted by Gasteiger charge is -2.12.